The van der Waals surface area contributed by atoms with E-state index in [1.165, 1.54) is 161 Å². The monoisotopic (exact) mass is 594 g/mol. The van der Waals surface area contributed by atoms with E-state index in [-0.39, 0.29) is 42.1 Å². The Hall–Kier alpha value is 0.610. The van der Waals surface area contributed by atoms with Gasteiger partial charge < -0.3 is 4.55 Å². The van der Waals surface area contributed by atoms with E-state index >= 15 is 0 Å². The van der Waals surface area contributed by atoms with Gasteiger partial charge in [-0.25, -0.2) is 8.42 Å². The smallest absolute Gasteiger partial charge is 0.726 e. The second kappa shape index (κ2) is 34.1. The third-order valence-corrected chi connectivity index (χ3v) is 8.41. The number of unbranched alkanes of at least 4 members (excludes halogenated alkanes) is 25. The van der Waals surface area contributed by atoms with E-state index in [1.54, 1.807) is 0 Å². The van der Waals surface area contributed by atoms with Crippen LogP contribution < -0.4 is 29.6 Å². The van der Waals surface area contributed by atoms with Crippen LogP contribution in [-0.4, -0.2) is 19.6 Å². The van der Waals surface area contributed by atoms with Crippen molar-refractivity contribution in [1.29, 1.82) is 0 Å². The summed E-state index contributed by atoms with van der Waals surface area (Å²) in [5.74, 6) is 0.0173. The van der Waals surface area contributed by atoms with E-state index in [1.807, 2.05) is 0 Å². The van der Waals surface area contributed by atoms with Crippen molar-refractivity contribution in [3.8, 4) is 0 Å². The minimum atomic E-state index is -4.62. The minimum Gasteiger partial charge on any atom is -0.726 e. The van der Waals surface area contributed by atoms with Crippen molar-refractivity contribution >= 4 is 10.4 Å². The molecule has 0 saturated carbocycles. The number of hydrogen-bond acceptors (Lipinski definition) is 4. The summed E-state index contributed by atoms with van der Waals surface area (Å²) in [7, 11) is -4.62. The van der Waals surface area contributed by atoms with Crippen molar-refractivity contribution < 1.29 is 46.7 Å². The van der Waals surface area contributed by atoms with Gasteiger partial charge in [-0.1, -0.05) is 187 Å². The first-order chi connectivity index (χ1) is 19.0. The number of rotatable bonds is 32. The maximum atomic E-state index is 10.9. The Kier molecular flexibility index (Phi) is 36.4. The van der Waals surface area contributed by atoms with Crippen LogP contribution in [0.5, 0.6) is 0 Å². The number of allylic oxidation sites excluding steroid dienone is 1. The Bertz CT molecular complexity index is 609. The zero-order chi connectivity index (χ0) is 28.7. The van der Waals surface area contributed by atoms with Crippen molar-refractivity contribution in [2.45, 2.75) is 194 Å². The van der Waals surface area contributed by atoms with Crippen LogP contribution in [0.2, 0.25) is 0 Å². The van der Waals surface area contributed by atoms with Crippen molar-refractivity contribution in [2.24, 2.45) is 5.92 Å². The van der Waals surface area contributed by atoms with Crippen LogP contribution in [0.25, 0.3) is 0 Å². The minimum absolute atomic E-state index is 0. The van der Waals surface area contributed by atoms with Crippen LogP contribution in [0.3, 0.4) is 0 Å². The van der Waals surface area contributed by atoms with E-state index in [2.05, 4.69) is 30.2 Å². The van der Waals surface area contributed by atoms with Crippen molar-refractivity contribution in [3.05, 3.63) is 12.2 Å². The first-order valence-electron chi connectivity index (χ1n) is 17.3. The molecule has 6 heteroatoms. The Morgan fingerprint density at radius 3 is 1.23 bits per heavy atom. The van der Waals surface area contributed by atoms with Crippen molar-refractivity contribution in [1.82, 2.24) is 0 Å². The molecule has 1 atom stereocenters. The fourth-order valence-electron chi connectivity index (χ4n) is 5.40. The average molecular weight is 595 g/mol. The summed E-state index contributed by atoms with van der Waals surface area (Å²) in [5, 5.41) is 0. The van der Waals surface area contributed by atoms with Gasteiger partial charge in [0.1, 0.15) is 0 Å². The molecule has 0 radical (unpaired) electrons. The standard InChI is InChI=1S/C34H68O4S.Na/c1-3-5-7-9-11-13-15-16-17-18-19-20-22-24-26-28-30-32-34(33-38-39(35,36)37)31-29-27-25-23-21-14-12-10-8-6-4-2;/h29,31,34H,3-28,30,32-33H2,1-2H3,(H,35,36,37);/q;+1/p-1/b31-29+;. The summed E-state index contributed by atoms with van der Waals surface area (Å²) in [4.78, 5) is 0. The molecule has 4 nitrogen and oxygen atoms in total. The summed E-state index contributed by atoms with van der Waals surface area (Å²) in [6.45, 7) is 4.52. The van der Waals surface area contributed by atoms with E-state index in [0.717, 1.165) is 19.3 Å². The van der Waals surface area contributed by atoms with Crippen molar-refractivity contribution in [3.63, 3.8) is 0 Å². The first kappa shape index (κ1) is 42.7. The molecule has 0 fully saturated rings. The molecule has 0 aliphatic heterocycles. The molecule has 0 bridgehead atoms. The first-order valence-corrected chi connectivity index (χ1v) is 18.6. The van der Waals surface area contributed by atoms with Crippen LogP contribution in [-0.2, 0) is 14.6 Å². The molecule has 0 aromatic heterocycles. The Labute approximate surface area is 273 Å². The predicted octanol–water partition coefficient (Wildman–Crippen LogP) is 8.60. The van der Waals surface area contributed by atoms with Gasteiger partial charge in [0.25, 0.3) is 0 Å². The van der Waals surface area contributed by atoms with Gasteiger partial charge in [0.15, 0.2) is 0 Å². The topological polar surface area (TPSA) is 66.4 Å². The predicted molar refractivity (Wildman–Crippen MR) is 169 cm³/mol. The molecular formula is C34H67NaO4S. The maximum absolute atomic E-state index is 10.9. The average Bonchev–Trinajstić information content (AvgIpc) is 2.91. The summed E-state index contributed by atoms with van der Waals surface area (Å²) < 4.78 is 37.4. The SMILES string of the molecule is CCCCCCCCCCC/C=C/C(CCCCCCCCCCCCCCCCCCC)COS(=O)(=O)[O-].[Na+]. The van der Waals surface area contributed by atoms with Crippen LogP contribution in [0.4, 0.5) is 0 Å². The molecule has 0 aliphatic carbocycles. The molecule has 0 aromatic rings. The summed E-state index contributed by atoms with van der Waals surface area (Å²) in [5.41, 5.74) is 0. The fraction of sp³-hybridized carbons (Fsp3) is 0.941. The van der Waals surface area contributed by atoms with E-state index in [9.17, 15) is 13.0 Å². The second-order valence-electron chi connectivity index (χ2n) is 11.9. The molecule has 0 N–H and O–H groups in total. The fourth-order valence-corrected chi connectivity index (χ4v) is 5.74. The largest absolute Gasteiger partial charge is 1.00 e. The van der Waals surface area contributed by atoms with Gasteiger partial charge in [-0.3, -0.25) is 4.18 Å². The third kappa shape index (κ3) is 36.6. The van der Waals surface area contributed by atoms with Gasteiger partial charge >= 0.3 is 29.6 Å². The third-order valence-electron chi connectivity index (χ3n) is 7.99. The zero-order valence-electron chi connectivity index (χ0n) is 27.3. The second-order valence-corrected chi connectivity index (χ2v) is 13.0. The van der Waals surface area contributed by atoms with Crippen LogP contribution in [0, 0.1) is 5.92 Å². The zero-order valence-corrected chi connectivity index (χ0v) is 30.1. The molecule has 234 valence electrons. The van der Waals surface area contributed by atoms with Gasteiger partial charge in [0.05, 0.1) is 6.61 Å². The Balaban J connectivity index is 0. The molecule has 0 aromatic carbocycles. The number of hydrogen-bond donors (Lipinski definition) is 0. The van der Waals surface area contributed by atoms with Crippen LogP contribution in [0.1, 0.15) is 194 Å². The van der Waals surface area contributed by atoms with Gasteiger partial charge in [-0.2, -0.15) is 0 Å². The van der Waals surface area contributed by atoms with E-state index in [4.69, 9.17) is 0 Å². The normalized spacial score (nSPS) is 12.7. The summed E-state index contributed by atoms with van der Waals surface area (Å²) in [6.07, 6.45) is 41.0. The van der Waals surface area contributed by atoms with Crippen LogP contribution >= 0.6 is 0 Å². The molecule has 1 unspecified atom stereocenters. The molecule has 0 amide bonds. The van der Waals surface area contributed by atoms with Gasteiger partial charge in [-0.05, 0) is 19.3 Å². The van der Waals surface area contributed by atoms with E-state index in [0.29, 0.717) is 0 Å². The van der Waals surface area contributed by atoms with Gasteiger partial charge in [0.2, 0.25) is 10.4 Å². The molecule has 0 spiro atoms. The van der Waals surface area contributed by atoms with Crippen LogP contribution in [0.15, 0.2) is 12.2 Å². The summed E-state index contributed by atoms with van der Waals surface area (Å²) >= 11 is 0. The molecule has 0 heterocycles. The maximum Gasteiger partial charge on any atom is 1.00 e. The molecular weight excluding hydrogens is 527 g/mol. The molecule has 0 aliphatic rings. The Morgan fingerprint density at radius 2 is 0.875 bits per heavy atom. The molecule has 40 heavy (non-hydrogen) atoms. The van der Waals surface area contributed by atoms with Gasteiger partial charge in [0, 0.05) is 5.92 Å². The summed E-state index contributed by atoms with van der Waals surface area (Å²) in [6, 6.07) is 0. The molecule has 0 saturated heterocycles. The van der Waals surface area contributed by atoms with E-state index < -0.39 is 10.4 Å². The molecule has 0 rings (SSSR count). The Morgan fingerprint density at radius 1 is 0.550 bits per heavy atom. The van der Waals surface area contributed by atoms with Crippen molar-refractivity contribution in [2.75, 3.05) is 6.61 Å². The van der Waals surface area contributed by atoms with Gasteiger partial charge in [-0.15, -0.1) is 0 Å². The quantitative estimate of drug-likeness (QED) is 0.0257.